The number of nitrogens with one attached hydrogen (secondary N) is 1. The molecule has 0 amide bonds. The molecular formula is C18H26N2O5. The Labute approximate surface area is 146 Å². The van der Waals surface area contributed by atoms with E-state index in [0.717, 1.165) is 25.7 Å². The molecule has 1 aliphatic rings. The second-order valence-corrected chi connectivity index (χ2v) is 6.86. The molecule has 0 aromatic carbocycles. The molecule has 1 aromatic rings. The summed E-state index contributed by atoms with van der Waals surface area (Å²) in [5, 5.41) is 19.1. The molecule has 1 fully saturated rings. The number of carboxylic acids is 1. The molecule has 4 atom stereocenters. The third-order valence-electron chi connectivity index (χ3n) is 5.08. The van der Waals surface area contributed by atoms with Gasteiger partial charge in [0.25, 0.3) is 0 Å². The van der Waals surface area contributed by atoms with Gasteiger partial charge in [0.1, 0.15) is 5.78 Å². The number of aliphatic carboxylic acids is 1. The first kappa shape index (κ1) is 19.3. The van der Waals surface area contributed by atoms with Crippen molar-refractivity contribution in [2.75, 3.05) is 0 Å². The molecule has 1 saturated carbocycles. The minimum Gasteiger partial charge on any atom is -0.481 e. The highest BCUT2D eigenvalue weighted by molar-refractivity contribution is 5.92. The van der Waals surface area contributed by atoms with Crippen LogP contribution in [0.1, 0.15) is 62.5 Å². The maximum Gasteiger partial charge on any atom is 0.307 e. The number of aromatic nitrogens is 2. The van der Waals surface area contributed by atoms with Crippen LogP contribution in [0.3, 0.4) is 0 Å². The minimum absolute atomic E-state index is 0.0123. The maximum atomic E-state index is 12.1. The van der Waals surface area contributed by atoms with Crippen LogP contribution in [0.4, 0.5) is 0 Å². The SMILES string of the molecule is CC(O)C1CC(=O)C(CCCCCCC(=O)c2ncc[nH]2)C1C(=O)O. The number of aliphatic hydroxyl groups excluding tert-OH is 1. The molecule has 7 heteroatoms. The van der Waals surface area contributed by atoms with Gasteiger partial charge < -0.3 is 15.2 Å². The number of imidazole rings is 1. The minimum atomic E-state index is -0.995. The number of aromatic amines is 1. The van der Waals surface area contributed by atoms with E-state index in [4.69, 9.17) is 0 Å². The maximum absolute atomic E-state index is 12.1. The lowest BCUT2D eigenvalue weighted by molar-refractivity contribution is -0.147. The van der Waals surface area contributed by atoms with Crippen molar-refractivity contribution in [1.29, 1.82) is 0 Å². The lowest BCUT2D eigenvalue weighted by Crippen LogP contribution is -2.31. The van der Waals surface area contributed by atoms with E-state index in [0.29, 0.717) is 18.7 Å². The van der Waals surface area contributed by atoms with Crippen LogP contribution in [0, 0.1) is 17.8 Å². The van der Waals surface area contributed by atoms with Crippen LogP contribution in [-0.4, -0.2) is 43.8 Å². The van der Waals surface area contributed by atoms with Gasteiger partial charge in [0.2, 0.25) is 0 Å². The van der Waals surface area contributed by atoms with E-state index < -0.39 is 29.8 Å². The molecule has 1 aliphatic carbocycles. The zero-order valence-corrected chi connectivity index (χ0v) is 14.5. The van der Waals surface area contributed by atoms with Crippen LogP contribution < -0.4 is 0 Å². The first-order valence-electron chi connectivity index (χ1n) is 8.88. The Kier molecular flexibility index (Phi) is 6.87. The largest absolute Gasteiger partial charge is 0.481 e. The zero-order valence-electron chi connectivity index (χ0n) is 14.5. The summed E-state index contributed by atoms with van der Waals surface area (Å²) in [6.45, 7) is 1.55. The number of nitrogens with zero attached hydrogens (tertiary/aromatic N) is 1. The molecule has 2 rings (SSSR count). The molecule has 1 heterocycles. The molecule has 0 saturated heterocycles. The second-order valence-electron chi connectivity index (χ2n) is 6.86. The van der Waals surface area contributed by atoms with Crippen molar-refractivity contribution < 1.29 is 24.6 Å². The summed E-state index contributed by atoms with van der Waals surface area (Å²) in [5.74, 6) is -2.44. The fraction of sp³-hybridized carbons (Fsp3) is 0.667. The number of hydrogen-bond acceptors (Lipinski definition) is 5. The molecule has 0 bridgehead atoms. The number of aliphatic hydroxyl groups is 1. The molecule has 0 spiro atoms. The highest BCUT2D eigenvalue weighted by atomic mass is 16.4. The van der Waals surface area contributed by atoms with E-state index in [9.17, 15) is 24.6 Å². The number of rotatable bonds is 10. The van der Waals surface area contributed by atoms with Gasteiger partial charge in [-0.15, -0.1) is 0 Å². The van der Waals surface area contributed by atoms with Crippen molar-refractivity contribution in [2.24, 2.45) is 17.8 Å². The third kappa shape index (κ3) is 4.98. The Morgan fingerprint density at radius 2 is 2.04 bits per heavy atom. The van der Waals surface area contributed by atoms with Gasteiger partial charge in [0.15, 0.2) is 11.6 Å². The lowest BCUT2D eigenvalue weighted by atomic mass is 9.84. The molecule has 1 aromatic heterocycles. The van der Waals surface area contributed by atoms with Crippen LogP contribution >= 0.6 is 0 Å². The Balaban J connectivity index is 1.70. The Bertz CT molecular complexity index is 597. The molecule has 138 valence electrons. The smallest absolute Gasteiger partial charge is 0.307 e. The fourth-order valence-corrected chi connectivity index (χ4v) is 3.72. The average Bonchev–Trinajstić information content (AvgIpc) is 3.18. The van der Waals surface area contributed by atoms with Gasteiger partial charge in [0, 0.05) is 37.1 Å². The predicted molar refractivity (Wildman–Crippen MR) is 90.0 cm³/mol. The number of carboxylic acid groups (broad SMARTS) is 1. The highest BCUT2D eigenvalue weighted by Gasteiger charge is 2.47. The number of carbonyl (C=O) groups is 3. The van der Waals surface area contributed by atoms with E-state index >= 15 is 0 Å². The summed E-state index contributed by atoms with van der Waals surface area (Å²) in [5.41, 5.74) is 0. The third-order valence-corrected chi connectivity index (χ3v) is 5.08. The van der Waals surface area contributed by atoms with Crippen LogP contribution in [0.5, 0.6) is 0 Å². The van der Waals surface area contributed by atoms with Crippen molar-refractivity contribution in [3.8, 4) is 0 Å². The summed E-state index contributed by atoms with van der Waals surface area (Å²) in [6.07, 6.45) is 6.68. The van der Waals surface area contributed by atoms with Crippen LogP contribution in [0.25, 0.3) is 0 Å². The Morgan fingerprint density at radius 3 is 2.64 bits per heavy atom. The van der Waals surface area contributed by atoms with E-state index in [-0.39, 0.29) is 18.0 Å². The van der Waals surface area contributed by atoms with Gasteiger partial charge in [-0.25, -0.2) is 4.98 Å². The van der Waals surface area contributed by atoms with Gasteiger partial charge in [-0.3, -0.25) is 14.4 Å². The number of ketones is 2. The topological polar surface area (TPSA) is 120 Å². The van der Waals surface area contributed by atoms with E-state index in [2.05, 4.69) is 9.97 Å². The van der Waals surface area contributed by atoms with Crippen molar-refractivity contribution in [2.45, 2.75) is 58.0 Å². The van der Waals surface area contributed by atoms with Crippen LogP contribution in [0.15, 0.2) is 12.4 Å². The number of carbonyl (C=O) groups excluding carboxylic acids is 2. The number of hydrogen-bond donors (Lipinski definition) is 3. The average molecular weight is 350 g/mol. The highest BCUT2D eigenvalue weighted by Crippen LogP contribution is 2.39. The molecule has 4 unspecified atom stereocenters. The molecule has 25 heavy (non-hydrogen) atoms. The van der Waals surface area contributed by atoms with Crippen molar-refractivity contribution >= 4 is 17.5 Å². The Hall–Kier alpha value is -2.02. The van der Waals surface area contributed by atoms with Gasteiger partial charge in [0.05, 0.1) is 12.0 Å². The molecule has 0 aliphatic heterocycles. The first-order chi connectivity index (χ1) is 11.9. The van der Waals surface area contributed by atoms with Gasteiger partial charge in [-0.2, -0.15) is 0 Å². The van der Waals surface area contributed by atoms with Crippen molar-refractivity contribution in [3.63, 3.8) is 0 Å². The first-order valence-corrected chi connectivity index (χ1v) is 8.88. The molecule has 7 nitrogen and oxygen atoms in total. The van der Waals surface area contributed by atoms with E-state index in [1.54, 1.807) is 19.3 Å². The monoisotopic (exact) mass is 350 g/mol. The zero-order chi connectivity index (χ0) is 18.4. The van der Waals surface area contributed by atoms with E-state index in [1.807, 2.05) is 0 Å². The van der Waals surface area contributed by atoms with E-state index in [1.165, 1.54) is 0 Å². The number of H-pyrrole nitrogens is 1. The summed E-state index contributed by atoms with van der Waals surface area (Å²) < 4.78 is 0. The molecule has 3 N–H and O–H groups in total. The summed E-state index contributed by atoms with van der Waals surface area (Å²) in [4.78, 5) is 42.1. The lowest BCUT2D eigenvalue weighted by Gasteiger charge is -2.21. The predicted octanol–water partition coefficient (Wildman–Crippen LogP) is 2.22. The van der Waals surface area contributed by atoms with Gasteiger partial charge in [-0.1, -0.05) is 19.3 Å². The van der Waals surface area contributed by atoms with Crippen molar-refractivity contribution in [1.82, 2.24) is 9.97 Å². The van der Waals surface area contributed by atoms with Gasteiger partial charge in [-0.05, 0) is 19.8 Å². The molecule has 0 radical (unpaired) electrons. The fourth-order valence-electron chi connectivity index (χ4n) is 3.72. The number of Topliss-reactive ketones (excluding diaryl/α,β-unsaturated/α-hetero) is 2. The summed E-state index contributed by atoms with van der Waals surface area (Å²) in [6, 6.07) is 0. The normalized spacial score (nSPS) is 24.4. The van der Waals surface area contributed by atoms with Crippen LogP contribution in [-0.2, 0) is 9.59 Å². The quantitative estimate of drug-likeness (QED) is 0.439. The van der Waals surface area contributed by atoms with Gasteiger partial charge >= 0.3 is 5.97 Å². The van der Waals surface area contributed by atoms with Crippen molar-refractivity contribution in [3.05, 3.63) is 18.2 Å². The molecular weight excluding hydrogens is 324 g/mol. The summed E-state index contributed by atoms with van der Waals surface area (Å²) in [7, 11) is 0. The Morgan fingerprint density at radius 1 is 1.32 bits per heavy atom. The second kappa shape index (κ2) is 8.89. The standard InChI is InChI=1S/C18H26N2O5/c1-11(21)13-10-15(23)12(16(13)18(24)25)6-4-2-3-5-7-14(22)17-19-8-9-20-17/h8-9,11-13,16,21H,2-7,10H2,1H3,(H,19,20)(H,24,25). The number of unbranched alkanes of at least 4 members (excludes halogenated alkanes) is 3. The van der Waals surface area contributed by atoms with Crippen LogP contribution in [0.2, 0.25) is 0 Å². The summed E-state index contributed by atoms with van der Waals surface area (Å²) >= 11 is 0.